The molecule has 7 nitrogen and oxygen atoms in total. The second kappa shape index (κ2) is 22.6. The average molecular weight is 399 g/mol. The fourth-order valence-corrected chi connectivity index (χ4v) is 2.08. The maximum absolute atomic E-state index is 10.8. The van der Waals surface area contributed by atoms with Crippen LogP contribution in [0.25, 0.3) is 0 Å². The van der Waals surface area contributed by atoms with Crippen molar-refractivity contribution in [1.82, 2.24) is 0 Å². The Kier molecular flexibility index (Phi) is 22.2. The first-order chi connectivity index (χ1) is 12.8. The average Bonchev–Trinajstić information content (AvgIpc) is 2.66. The molecule has 0 fully saturated rings. The molecule has 0 bridgehead atoms. The van der Waals surface area contributed by atoms with Crippen molar-refractivity contribution in [3.05, 3.63) is 0 Å². The number of halogens is 1. The summed E-state index contributed by atoms with van der Waals surface area (Å²) in [4.78, 5) is 10.8. The Morgan fingerprint density at radius 3 is 1.50 bits per heavy atom. The summed E-state index contributed by atoms with van der Waals surface area (Å²) < 4.78 is 31.3. The number of alkyl halides is 1. The fourth-order valence-electron chi connectivity index (χ4n) is 1.89. The Labute approximate surface area is 162 Å². The first-order valence-corrected chi connectivity index (χ1v) is 9.86. The predicted molar refractivity (Wildman–Crippen MR) is 99.9 cm³/mol. The highest BCUT2D eigenvalue weighted by molar-refractivity contribution is 6.17. The molecule has 0 heterocycles. The van der Waals surface area contributed by atoms with Crippen LogP contribution in [-0.2, 0) is 33.2 Å². The fraction of sp³-hybridized carbons (Fsp3) is 0.944. The van der Waals surface area contributed by atoms with Crippen molar-refractivity contribution in [2.24, 2.45) is 0 Å². The molecule has 8 heteroatoms. The molecule has 0 aromatic carbocycles. The van der Waals surface area contributed by atoms with Crippen LogP contribution in [-0.4, -0.2) is 85.0 Å². The van der Waals surface area contributed by atoms with Gasteiger partial charge in [0.05, 0.1) is 73.0 Å². The molecule has 0 aliphatic heterocycles. The number of methoxy groups -OCH3 is 1. The van der Waals surface area contributed by atoms with Gasteiger partial charge in [0.2, 0.25) is 0 Å². The van der Waals surface area contributed by atoms with Crippen LogP contribution in [0, 0.1) is 0 Å². The molecule has 0 unspecified atom stereocenters. The molecule has 0 saturated heterocycles. The van der Waals surface area contributed by atoms with Gasteiger partial charge in [-0.15, -0.1) is 11.6 Å². The second-order valence-electron chi connectivity index (χ2n) is 5.49. The van der Waals surface area contributed by atoms with E-state index in [0.717, 1.165) is 25.3 Å². The Morgan fingerprint density at radius 1 is 0.615 bits per heavy atom. The first kappa shape index (κ1) is 25.6. The quantitative estimate of drug-likeness (QED) is 0.167. The van der Waals surface area contributed by atoms with Gasteiger partial charge >= 0.3 is 5.97 Å². The van der Waals surface area contributed by atoms with Crippen LogP contribution in [0.3, 0.4) is 0 Å². The summed E-state index contributed by atoms with van der Waals surface area (Å²) >= 11 is 5.61. The Hall–Kier alpha value is -0.440. The molecule has 0 amide bonds. The highest BCUT2D eigenvalue weighted by Crippen LogP contribution is 2.01. The number of esters is 1. The van der Waals surface area contributed by atoms with Gasteiger partial charge in [-0.05, 0) is 12.8 Å². The minimum atomic E-state index is -0.272. The van der Waals surface area contributed by atoms with E-state index in [1.165, 1.54) is 20.0 Å². The van der Waals surface area contributed by atoms with Gasteiger partial charge < -0.3 is 28.4 Å². The number of rotatable bonds is 21. The molecular formula is C18H35ClO7. The Bertz CT molecular complexity index is 293. The third-order valence-corrected chi connectivity index (χ3v) is 3.61. The van der Waals surface area contributed by atoms with Gasteiger partial charge in [0.1, 0.15) is 0 Å². The van der Waals surface area contributed by atoms with Crippen molar-refractivity contribution >= 4 is 17.6 Å². The summed E-state index contributed by atoms with van der Waals surface area (Å²) in [6.07, 6.45) is 4.77. The van der Waals surface area contributed by atoms with Crippen LogP contribution in [0.2, 0.25) is 0 Å². The topological polar surface area (TPSA) is 72.5 Å². The van der Waals surface area contributed by atoms with E-state index in [9.17, 15) is 4.79 Å². The van der Waals surface area contributed by atoms with Gasteiger partial charge in [-0.2, -0.15) is 0 Å². The van der Waals surface area contributed by atoms with E-state index in [1.807, 2.05) is 0 Å². The van der Waals surface area contributed by atoms with E-state index < -0.39 is 0 Å². The third-order valence-electron chi connectivity index (χ3n) is 3.34. The van der Waals surface area contributed by atoms with Crippen molar-refractivity contribution in [3.63, 3.8) is 0 Å². The summed E-state index contributed by atoms with van der Waals surface area (Å²) in [5, 5.41) is 0. The van der Waals surface area contributed by atoms with Crippen LogP contribution in [0.1, 0.15) is 32.1 Å². The van der Waals surface area contributed by atoms with Crippen molar-refractivity contribution < 1.29 is 33.2 Å². The molecule has 156 valence electrons. The third kappa shape index (κ3) is 21.6. The van der Waals surface area contributed by atoms with Gasteiger partial charge in [-0.3, -0.25) is 4.79 Å². The molecule has 0 aliphatic carbocycles. The smallest absolute Gasteiger partial charge is 0.307 e. The molecular weight excluding hydrogens is 364 g/mol. The molecule has 0 atom stereocenters. The highest BCUT2D eigenvalue weighted by Gasteiger charge is 1.99. The Morgan fingerprint density at radius 2 is 1.04 bits per heavy atom. The van der Waals surface area contributed by atoms with E-state index in [0.29, 0.717) is 59.5 Å². The molecule has 0 saturated carbocycles. The number of hydrogen-bond donors (Lipinski definition) is 0. The van der Waals surface area contributed by atoms with Crippen molar-refractivity contribution in [2.75, 3.05) is 79.1 Å². The maximum Gasteiger partial charge on any atom is 0.307 e. The summed E-state index contributed by atoms with van der Waals surface area (Å²) in [5.74, 6) is 0.474. The molecule has 0 N–H and O–H groups in total. The van der Waals surface area contributed by atoms with E-state index in [2.05, 4.69) is 4.74 Å². The maximum atomic E-state index is 10.8. The number of carbonyl (C=O) groups excluding carboxylic acids is 1. The number of hydrogen-bond acceptors (Lipinski definition) is 7. The lowest BCUT2D eigenvalue weighted by Crippen LogP contribution is -2.14. The Balaban J connectivity index is 3.00. The lowest BCUT2D eigenvalue weighted by Gasteiger charge is -2.08. The zero-order valence-electron chi connectivity index (χ0n) is 16.0. The SMILES string of the molecule is COC(=O)CCOCCOCCOCCOCCOCCCCCCCl. The monoisotopic (exact) mass is 398 g/mol. The second-order valence-corrected chi connectivity index (χ2v) is 5.87. The first-order valence-electron chi connectivity index (χ1n) is 9.32. The largest absolute Gasteiger partial charge is 0.469 e. The van der Waals surface area contributed by atoms with Crippen LogP contribution in [0.4, 0.5) is 0 Å². The molecule has 0 rings (SSSR count). The van der Waals surface area contributed by atoms with E-state index >= 15 is 0 Å². The molecule has 0 radical (unpaired) electrons. The van der Waals surface area contributed by atoms with Gasteiger partial charge in [-0.1, -0.05) is 12.8 Å². The molecule has 26 heavy (non-hydrogen) atoms. The van der Waals surface area contributed by atoms with Crippen molar-refractivity contribution in [2.45, 2.75) is 32.1 Å². The van der Waals surface area contributed by atoms with Gasteiger partial charge in [-0.25, -0.2) is 0 Å². The predicted octanol–water partition coefficient (Wildman–Crippen LogP) is 2.43. The van der Waals surface area contributed by atoms with Crippen LogP contribution < -0.4 is 0 Å². The van der Waals surface area contributed by atoms with Crippen LogP contribution >= 0.6 is 11.6 Å². The number of ether oxygens (including phenoxy) is 6. The summed E-state index contributed by atoms with van der Waals surface area (Å²) in [7, 11) is 1.36. The van der Waals surface area contributed by atoms with Gasteiger partial charge in [0.15, 0.2) is 0 Å². The minimum absolute atomic E-state index is 0.263. The minimum Gasteiger partial charge on any atom is -0.469 e. The lowest BCUT2D eigenvalue weighted by atomic mass is 10.2. The zero-order valence-corrected chi connectivity index (χ0v) is 16.8. The van der Waals surface area contributed by atoms with Crippen molar-refractivity contribution in [3.8, 4) is 0 Å². The summed E-state index contributed by atoms with van der Waals surface area (Å²) in [5.41, 5.74) is 0. The van der Waals surface area contributed by atoms with Crippen LogP contribution in [0.5, 0.6) is 0 Å². The molecule has 0 spiro atoms. The molecule has 0 aromatic heterocycles. The number of unbranched alkanes of at least 4 members (excludes halogenated alkanes) is 3. The van der Waals surface area contributed by atoms with Gasteiger partial charge in [0, 0.05) is 12.5 Å². The number of carbonyl (C=O) groups is 1. The van der Waals surface area contributed by atoms with Gasteiger partial charge in [0.25, 0.3) is 0 Å². The standard InChI is InChI=1S/C18H35ClO7/c1-21-18(20)6-9-23-11-13-25-15-17-26-16-14-24-12-10-22-8-5-3-2-4-7-19/h2-17H2,1H3. The molecule has 0 aliphatic rings. The summed E-state index contributed by atoms with van der Waals surface area (Å²) in [6, 6.07) is 0. The summed E-state index contributed by atoms with van der Waals surface area (Å²) in [6.45, 7) is 5.38. The molecule has 0 aromatic rings. The van der Waals surface area contributed by atoms with E-state index in [-0.39, 0.29) is 12.4 Å². The normalized spacial score (nSPS) is 11.0. The van der Waals surface area contributed by atoms with E-state index in [1.54, 1.807) is 0 Å². The van der Waals surface area contributed by atoms with Crippen LogP contribution in [0.15, 0.2) is 0 Å². The van der Waals surface area contributed by atoms with E-state index in [4.69, 9.17) is 35.3 Å². The highest BCUT2D eigenvalue weighted by atomic mass is 35.5. The zero-order chi connectivity index (χ0) is 19.1. The lowest BCUT2D eigenvalue weighted by molar-refractivity contribution is -0.141. The van der Waals surface area contributed by atoms with Crippen molar-refractivity contribution in [1.29, 1.82) is 0 Å².